The molecule has 13 heavy (non-hydrogen) atoms. The average Bonchev–Trinajstić information content (AvgIpc) is 2.59. The number of hydrogen-bond donors (Lipinski definition) is 1. The van der Waals surface area contributed by atoms with Crippen LogP contribution in [0.5, 0.6) is 0 Å². The van der Waals surface area contributed by atoms with E-state index >= 15 is 0 Å². The van der Waals surface area contributed by atoms with Crippen LogP contribution in [0.3, 0.4) is 0 Å². The zero-order chi connectivity index (χ0) is 9.26. The SMILES string of the molecule is CC(CN)c1cc2ncccn2n1. The third kappa shape index (κ3) is 1.40. The molecule has 0 saturated carbocycles. The normalized spacial score (nSPS) is 13.4. The van der Waals surface area contributed by atoms with Gasteiger partial charge < -0.3 is 5.73 Å². The van der Waals surface area contributed by atoms with Gasteiger partial charge in [-0.3, -0.25) is 0 Å². The van der Waals surface area contributed by atoms with Crippen LogP contribution in [-0.4, -0.2) is 21.1 Å². The topological polar surface area (TPSA) is 56.2 Å². The first kappa shape index (κ1) is 8.19. The van der Waals surface area contributed by atoms with E-state index in [9.17, 15) is 0 Å². The molecule has 0 spiro atoms. The molecule has 0 fully saturated rings. The largest absolute Gasteiger partial charge is 0.330 e. The van der Waals surface area contributed by atoms with Gasteiger partial charge in [0.25, 0.3) is 0 Å². The Balaban J connectivity index is 2.49. The second-order valence-electron chi connectivity index (χ2n) is 3.13. The van der Waals surface area contributed by atoms with Crippen LogP contribution in [0.1, 0.15) is 18.5 Å². The molecule has 1 atom stereocenters. The van der Waals surface area contributed by atoms with Gasteiger partial charge in [-0.1, -0.05) is 6.92 Å². The minimum Gasteiger partial charge on any atom is -0.330 e. The molecule has 0 aliphatic rings. The summed E-state index contributed by atoms with van der Waals surface area (Å²) in [5, 5.41) is 4.36. The summed E-state index contributed by atoms with van der Waals surface area (Å²) >= 11 is 0. The van der Waals surface area contributed by atoms with Gasteiger partial charge >= 0.3 is 0 Å². The van der Waals surface area contributed by atoms with E-state index in [-0.39, 0.29) is 0 Å². The number of nitrogens with zero attached hydrogens (tertiary/aromatic N) is 3. The third-order valence-corrected chi connectivity index (χ3v) is 2.11. The van der Waals surface area contributed by atoms with Crippen molar-refractivity contribution in [2.75, 3.05) is 6.54 Å². The van der Waals surface area contributed by atoms with E-state index in [1.165, 1.54) is 0 Å². The lowest BCUT2D eigenvalue weighted by Crippen LogP contribution is -2.09. The van der Waals surface area contributed by atoms with Crippen LogP contribution in [0, 0.1) is 0 Å². The van der Waals surface area contributed by atoms with Crippen LogP contribution >= 0.6 is 0 Å². The van der Waals surface area contributed by atoms with Crippen molar-refractivity contribution >= 4 is 5.65 Å². The van der Waals surface area contributed by atoms with Crippen LogP contribution in [0.4, 0.5) is 0 Å². The van der Waals surface area contributed by atoms with Gasteiger partial charge in [0, 0.05) is 30.9 Å². The van der Waals surface area contributed by atoms with Crippen molar-refractivity contribution in [3.05, 3.63) is 30.2 Å². The first-order valence-corrected chi connectivity index (χ1v) is 4.31. The highest BCUT2D eigenvalue weighted by atomic mass is 15.2. The molecule has 2 N–H and O–H groups in total. The summed E-state index contributed by atoms with van der Waals surface area (Å²) in [6.07, 6.45) is 3.64. The van der Waals surface area contributed by atoms with Crippen molar-refractivity contribution in [3.63, 3.8) is 0 Å². The molecule has 2 aromatic heterocycles. The van der Waals surface area contributed by atoms with Gasteiger partial charge in [0.2, 0.25) is 0 Å². The second-order valence-corrected chi connectivity index (χ2v) is 3.13. The number of nitrogens with two attached hydrogens (primary N) is 1. The van der Waals surface area contributed by atoms with Crippen molar-refractivity contribution < 1.29 is 0 Å². The Morgan fingerprint density at radius 1 is 1.62 bits per heavy atom. The number of fused-ring (bicyclic) bond motifs is 1. The summed E-state index contributed by atoms with van der Waals surface area (Å²) in [6.45, 7) is 2.67. The van der Waals surface area contributed by atoms with E-state index in [4.69, 9.17) is 5.73 Å². The Bertz CT molecular complexity index is 374. The van der Waals surface area contributed by atoms with Crippen LogP contribution in [0.2, 0.25) is 0 Å². The quantitative estimate of drug-likeness (QED) is 0.736. The highest BCUT2D eigenvalue weighted by Crippen LogP contribution is 2.12. The van der Waals surface area contributed by atoms with E-state index in [2.05, 4.69) is 17.0 Å². The van der Waals surface area contributed by atoms with E-state index in [1.54, 1.807) is 10.7 Å². The molecule has 0 radical (unpaired) electrons. The van der Waals surface area contributed by atoms with E-state index < -0.39 is 0 Å². The van der Waals surface area contributed by atoms with Gasteiger partial charge in [-0.15, -0.1) is 0 Å². The molecule has 2 rings (SSSR count). The van der Waals surface area contributed by atoms with Gasteiger partial charge in [-0.2, -0.15) is 5.10 Å². The van der Waals surface area contributed by atoms with Crippen LogP contribution in [-0.2, 0) is 0 Å². The predicted octanol–water partition coefficient (Wildman–Crippen LogP) is 0.792. The maximum atomic E-state index is 5.56. The van der Waals surface area contributed by atoms with Crippen LogP contribution < -0.4 is 5.73 Å². The number of aromatic nitrogens is 3. The van der Waals surface area contributed by atoms with E-state index in [0.717, 1.165) is 11.3 Å². The molecule has 1 unspecified atom stereocenters. The first-order valence-electron chi connectivity index (χ1n) is 4.31. The van der Waals surface area contributed by atoms with Crippen molar-refractivity contribution in [1.82, 2.24) is 14.6 Å². The summed E-state index contributed by atoms with van der Waals surface area (Å²) < 4.78 is 1.77. The van der Waals surface area contributed by atoms with E-state index in [1.807, 2.05) is 18.3 Å². The monoisotopic (exact) mass is 176 g/mol. The van der Waals surface area contributed by atoms with E-state index in [0.29, 0.717) is 12.5 Å². The molecule has 2 aromatic rings. The standard InChI is InChI=1S/C9H12N4/c1-7(6-10)8-5-9-11-3-2-4-13(9)12-8/h2-5,7H,6,10H2,1H3. The van der Waals surface area contributed by atoms with Crippen LogP contribution in [0.25, 0.3) is 5.65 Å². The summed E-state index contributed by atoms with van der Waals surface area (Å²) in [5.41, 5.74) is 7.43. The zero-order valence-electron chi connectivity index (χ0n) is 7.51. The summed E-state index contributed by atoms with van der Waals surface area (Å²) in [6, 6.07) is 3.83. The summed E-state index contributed by atoms with van der Waals surface area (Å²) in [4.78, 5) is 4.18. The Kier molecular flexibility index (Phi) is 1.98. The molecule has 68 valence electrons. The smallest absolute Gasteiger partial charge is 0.155 e. The Morgan fingerprint density at radius 3 is 3.15 bits per heavy atom. The molecule has 0 aromatic carbocycles. The van der Waals surface area contributed by atoms with Gasteiger partial charge in [0.05, 0.1) is 5.69 Å². The highest BCUT2D eigenvalue weighted by molar-refractivity contribution is 5.39. The van der Waals surface area contributed by atoms with Crippen molar-refractivity contribution in [3.8, 4) is 0 Å². The Morgan fingerprint density at radius 2 is 2.46 bits per heavy atom. The lowest BCUT2D eigenvalue weighted by atomic mass is 10.1. The minimum absolute atomic E-state index is 0.293. The summed E-state index contributed by atoms with van der Waals surface area (Å²) in [7, 11) is 0. The molecule has 0 amide bonds. The highest BCUT2D eigenvalue weighted by Gasteiger charge is 2.07. The van der Waals surface area contributed by atoms with Gasteiger partial charge in [0.1, 0.15) is 0 Å². The Labute approximate surface area is 76.4 Å². The number of rotatable bonds is 2. The minimum atomic E-state index is 0.293. The first-order chi connectivity index (χ1) is 6.31. The molecule has 4 heteroatoms. The number of hydrogen-bond acceptors (Lipinski definition) is 3. The molecule has 0 bridgehead atoms. The third-order valence-electron chi connectivity index (χ3n) is 2.11. The maximum absolute atomic E-state index is 5.56. The molecule has 0 aliphatic carbocycles. The molecule has 0 saturated heterocycles. The predicted molar refractivity (Wildman–Crippen MR) is 50.5 cm³/mol. The fraction of sp³-hybridized carbons (Fsp3) is 0.333. The van der Waals surface area contributed by atoms with Crippen molar-refractivity contribution in [2.45, 2.75) is 12.8 Å². The van der Waals surface area contributed by atoms with Crippen molar-refractivity contribution in [2.24, 2.45) is 5.73 Å². The van der Waals surface area contributed by atoms with Crippen molar-refractivity contribution in [1.29, 1.82) is 0 Å². The lowest BCUT2D eigenvalue weighted by molar-refractivity contribution is 0.727. The zero-order valence-corrected chi connectivity index (χ0v) is 7.51. The summed E-state index contributed by atoms with van der Waals surface area (Å²) in [5.74, 6) is 0.293. The van der Waals surface area contributed by atoms with Gasteiger partial charge in [0.15, 0.2) is 5.65 Å². The second kappa shape index (κ2) is 3.14. The Hall–Kier alpha value is -1.42. The maximum Gasteiger partial charge on any atom is 0.155 e. The molecule has 4 nitrogen and oxygen atoms in total. The fourth-order valence-electron chi connectivity index (χ4n) is 1.21. The molecule has 0 aliphatic heterocycles. The molecular formula is C9H12N4. The molecular weight excluding hydrogens is 164 g/mol. The van der Waals surface area contributed by atoms with Gasteiger partial charge in [-0.05, 0) is 6.07 Å². The van der Waals surface area contributed by atoms with Crippen LogP contribution in [0.15, 0.2) is 24.5 Å². The fourth-order valence-corrected chi connectivity index (χ4v) is 1.21. The lowest BCUT2D eigenvalue weighted by Gasteiger charge is -2.01. The average molecular weight is 176 g/mol. The van der Waals surface area contributed by atoms with Gasteiger partial charge in [-0.25, -0.2) is 9.50 Å². The molecule has 2 heterocycles.